The number of carboxylic acid groups (broad SMARTS) is 1. The van der Waals surface area contributed by atoms with Gasteiger partial charge in [0.05, 0.1) is 27.5 Å². The highest BCUT2D eigenvalue weighted by Crippen LogP contribution is 2.37. The third kappa shape index (κ3) is 5.98. The first-order valence-corrected chi connectivity index (χ1v) is 14.9. The van der Waals surface area contributed by atoms with Crippen LogP contribution >= 0.6 is 0 Å². The Morgan fingerprint density at radius 1 is 1.20 bits per heavy atom. The Balaban J connectivity index is 1.53. The number of anilines is 2. The van der Waals surface area contributed by atoms with Gasteiger partial charge in [-0.25, -0.2) is 22.8 Å². The summed E-state index contributed by atoms with van der Waals surface area (Å²) in [6, 6.07) is 6.37. The first-order chi connectivity index (χ1) is 18.9. The number of benzene rings is 1. The summed E-state index contributed by atoms with van der Waals surface area (Å²) in [6.07, 6.45) is 6.75. The van der Waals surface area contributed by atoms with Gasteiger partial charge in [-0.05, 0) is 49.9 Å². The van der Waals surface area contributed by atoms with Crippen LogP contribution in [0.3, 0.4) is 0 Å². The summed E-state index contributed by atoms with van der Waals surface area (Å²) in [5.41, 5.74) is 2.62. The average molecular weight is 573 g/mol. The third-order valence-corrected chi connectivity index (χ3v) is 8.81. The quantitative estimate of drug-likeness (QED) is 0.393. The molecular formula is C27H30F2N6O4S. The topological polar surface area (TPSA) is 130 Å². The summed E-state index contributed by atoms with van der Waals surface area (Å²) in [7, 11) is -3.25. The van der Waals surface area contributed by atoms with E-state index in [2.05, 4.69) is 19.8 Å². The third-order valence-electron chi connectivity index (χ3n) is 7.18. The second kappa shape index (κ2) is 10.6. The van der Waals surface area contributed by atoms with E-state index in [-0.39, 0.29) is 42.0 Å². The fraction of sp³-hybridized carbons (Fsp3) is 0.407. The van der Waals surface area contributed by atoms with Crippen molar-refractivity contribution in [1.82, 2.24) is 14.8 Å². The molecule has 10 nitrogen and oxygen atoms in total. The predicted octanol–water partition coefficient (Wildman–Crippen LogP) is 5.60. The molecule has 3 heterocycles. The summed E-state index contributed by atoms with van der Waals surface area (Å²) in [5.74, 6) is -3.00. The number of pyridine rings is 1. The van der Waals surface area contributed by atoms with Crippen molar-refractivity contribution < 1.29 is 27.7 Å². The van der Waals surface area contributed by atoms with Gasteiger partial charge in [0.2, 0.25) is 5.92 Å². The summed E-state index contributed by atoms with van der Waals surface area (Å²) < 4.78 is 46.3. The molecule has 1 saturated carbocycles. The SMILES string of the molecule is Cc1c(-c2cnn(C3CC3)c2)cnc(N2CCCC(F)(F)CC2)c1C(=O)Nc1cccc(S(C)(=O)=NC(=O)O)c1. The zero-order valence-electron chi connectivity index (χ0n) is 22.1. The van der Waals surface area contributed by atoms with Gasteiger partial charge in [0.15, 0.2) is 0 Å². The van der Waals surface area contributed by atoms with Gasteiger partial charge in [-0.2, -0.15) is 5.10 Å². The van der Waals surface area contributed by atoms with E-state index in [0.717, 1.165) is 18.4 Å². The molecule has 2 N–H and O–H groups in total. The Bertz CT molecular complexity index is 1590. The van der Waals surface area contributed by atoms with Gasteiger partial charge in [-0.1, -0.05) is 6.07 Å². The molecule has 2 fully saturated rings. The van der Waals surface area contributed by atoms with Gasteiger partial charge in [0, 0.05) is 66.3 Å². The minimum absolute atomic E-state index is 0.0444. The first kappa shape index (κ1) is 27.7. The van der Waals surface area contributed by atoms with Crippen molar-refractivity contribution in [1.29, 1.82) is 0 Å². The zero-order valence-corrected chi connectivity index (χ0v) is 23.0. The van der Waals surface area contributed by atoms with Gasteiger partial charge in [-0.15, -0.1) is 4.36 Å². The van der Waals surface area contributed by atoms with E-state index in [0.29, 0.717) is 29.5 Å². The van der Waals surface area contributed by atoms with Gasteiger partial charge >= 0.3 is 6.09 Å². The van der Waals surface area contributed by atoms with Crippen LogP contribution in [0.1, 0.15) is 54.1 Å². The standard InChI is InChI=1S/C27H30F2N6O4S/c1-17-22(18-14-31-35(16-18)20-7-8-20)15-30-24(34-11-4-9-27(28,29)10-12-34)23(17)25(36)32-19-5-3-6-21(13-19)40(2,39)33-26(37)38/h3,5-6,13-16,20H,4,7-12H2,1-2H3,(H,32,36)(H,37,38). The number of rotatable bonds is 6. The number of nitrogens with one attached hydrogen (secondary N) is 1. The summed E-state index contributed by atoms with van der Waals surface area (Å²) in [6.45, 7) is 2.16. The van der Waals surface area contributed by atoms with Crippen molar-refractivity contribution in [2.45, 2.75) is 55.9 Å². The largest absolute Gasteiger partial charge is 0.463 e. The number of alkyl halides is 2. The van der Waals surface area contributed by atoms with E-state index in [1.807, 2.05) is 10.9 Å². The van der Waals surface area contributed by atoms with Crippen LogP contribution in [0.4, 0.5) is 25.1 Å². The molecule has 1 aromatic carbocycles. The van der Waals surface area contributed by atoms with Crippen molar-refractivity contribution in [3.63, 3.8) is 0 Å². The molecule has 0 radical (unpaired) electrons. The number of hydrogen-bond acceptors (Lipinski definition) is 6. The fourth-order valence-electron chi connectivity index (χ4n) is 4.89. The van der Waals surface area contributed by atoms with Gasteiger partial charge < -0.3 is 15.3 Å². The maximum absolute atomic E-state index is 14.1. The molecule has 1 atom stereocenters. The summed E-state index contributed by atoms with van der Waals surface area (Å²) in [4.78, 5) is 31.3. The minimum Gasteiger partial charge on any atom is -0.463 e. The molecular weight excluding hydrogens is 542 g/mol. The van der Waals surface area contributed by atoms with E-state index in [9.17, 15) is 22.6 Å². The molecule has 1 aliphatic carbocycles. The Morgan fingerprint density at radius 3 is 2.70 bits per heavy atom. The number of amides is 2. The lowest BCUT2D eigenvalue weighted by Gasteiger charge is -2.26. The molecule has 1 saturated heterocycles. The number of nitrogens with zero attached hydrogens (tertiary/aromatic N) is 5. The summed E-state index contributed by atoms with van der Waals surface area (Å²) in [5, 5.41) is 16.2. The van der Waals surface area contributed by atoms with Crippen molar-refractivity contribution in [2.75, 3.05) is 29.6 Å². The molecule has 2 amide bonds. The van der Waals surface area contributed by atoms with Crippen molar-refractivity contribution in [3.8, 4) is 11.1 Å². The van der Waals surface area contributed by atoms with Crippen molar-refractivity contribution in [3.05, 3.63) is 54.0 Å². The normalized spacial score (nSPS) is 18.4. The molecule has 0 bridgehead atoms. The molecule has 1 unspecified atom stereocenters. The van der Waals surface area contributed by atoms with Crippen molar-refractivity contribution >= 4 is 33.2 Å². The second-order valence-corrected chi connectivity index (χ2v) is 12.5. The van der Waals surface area contributed by atoms with Crippen LogP contribution in [0.25, 0.3) is 11.1 Å². The van der Waals surface area contributed by atoms with Crippen LogP contribution in [0.15, 0.2) is 52.1 Å². The predicted molar refractivity (Wildman–Crippen MR) is 147 cm³/mol. The Labute approximate surface area is 230 Å². The van der Waals surface area contributed by atoms with Gasteiger partial charge in [0.1, 0.15) is 5.82 Å². The zero-order chi connectivity index (χ0) is 28.7. The Kier molecular flexibility index (Phi) is 7.34. The molecule has 0 spiro atoms. The number of carbonyl (C=O) groups is 2. The highest BCUT2D eigenvalue weighted by Gasteiger charge is 2.34. The number of hydrogen-bond donors (Lipinski definition) is 2. The molecule has 40 heavy (non-hydrogen) atoms. The van der Waals surface area contributed by atoms with Gasteiger partial charge in [-0.3, -0.25) is 9.48 Å². The minimum atomic E-state index is -3.25. The first-order valence-electron chi connectivity index (χ1n) is 13.0. The van der Waals surface area contributed by atoms with Gasteiger partial charge in [0.25, 0.3) is 5.91 Å². The summed E-state index contributed by atoms with van der Waals surface area (Å²) >= 11 is 0. The van der Waals surface area contributed by atoms with Crippen LogP contribution in [0, 0.1) is 6.92 Å². The van der Waals surface area contributed by atoms with E-state index >= 15 is 0 Å². The number of aromatic nitrogens is 3. The molecule has 3 aromatic rings. The van der Waals surface area contributed by atoms with E-state index < -0.39 is 27.7 Å². The molecule has 1 aliphatic heterocycles. The highest BCUT2D eigenvalue weighted by molar-refractivity contribution is 7.93. The molecule has 5 rings (SSSR count). The van der Waals surface area contributed by atoms with Crippen LogP contribution in [0.2, 0.25) is 0 Å². The highest BCUT2D eigenvalue weighted by atomic mass is 32.2. The lowest BCUT2D eigenvalue weighted by molar-refractivity contribution is -0.0102. The molecule has 13 heteroatoms. The smallest absolute Gasteiger partial charge is 0.439 e. The number of halogens is 2. The maximum atomic E-state index is 14.1. The van der Waals surface area contributed by atoms with E-state index in [1.165, 1.54) is 24.5 Å². The maximum Gasteiger partial charge on any atom is 0.439 e. The molecule has 2 aromatic heterocycles. The molecule has 2 aliphatic rings. The fourth-order valence-corrected chi connectivity index (χ4v) is 5.97. The average Bonchev–Trinajstić information content (AvgIpc) is 3.65. The Morgan fingerprint density at radius 2 is 1.98 bits per heavy atom. The van der Waals surface area contributed by atoms with Crippen LogP contribution in [-0.2, 0) is 9.73 Å². The lowest BCUT2D eigenvalue weighted by Crippen LogP contribution is -2.30. The Hall–Kier alpha value is -3.87. The van der Waals surface area contributed by atoms with Crippen LogP contribution in [-0.4, -0.2) is 61.3 Å². The second-order valence-electron chi connectivity index (χ2n) is 10.3. The van der Waals surface area contributed by atoms with Crippen LogP contribution < -0.4 is 10.2 Å². The van der Waals surface area contributed by atoms with Crippen LogP contribution in [0.5, 0.6) is 0 Å². The monoisotopic (exact) mass is 572 g/mol. The van der Waals surface area contributed by atoms with E-state index in [1.54, 1.807) is 30.3 Å². The van der Waals surface area contributed by atoms with Crippen molar-refractivity contribution in [2.24, 2.45) is 4.36 Å². The number of carbonyl (C=O) groups excluding carboxylic acids is 1. The molecule has 212 valence electrons. The lowest BCUT2D eigenvalue weighted by atomic mass is 9.99. The van der Waals surface area contributed by atoms with E-state index in [4.69, 9.17) is 5.11 Å².